The number of ether oxygens (including phenoxy) is 1. The zero-order chi connectivity index (χ0) is 12.7. The number of hydrogen-bond donors (Lipinski definition) is 1. The van der Waals surface area contributed by atoms with Gasteiger partial charge in [-0.05, 0) is 12.3 Å². The molecule has 0 aliphatic rings. The van der Waals surface area contributed by atoms with E-state index in [1.807, 2.05) is 13.8 Å². The zero-order valence-corrected chi connectivity index (χ0v) is 8.98. The van der Waals surface area contributed by atoms with Gasteiger partial charge in [0.25, 0.3) is 0 Å². The van der Waals surface area contributed by atoms with E-state index in [-0.39, 0.29) is 5.92 Å². The van der Waals surface area contributed by atoms with Gasteiger partial charge < -0.3 is 15.6 Å². The molecule has 0 unspecified atom stereocenters. The molecule has 6 heteroatoms. The van der Waals surface area contributed by atoms with Gasteiger partial charge in [-0.2, -0.15) is 4.79 Å². The van der Waals surface area contributed by atoms with E-state index in [9.17, 15) is 9.59 Å². The minimum absolute atomic E-state index is 0.171. The number of amides is 1. The van der Waals surface area contributed by atoms with Crippen LogP contribution in [0.15, 0.2) is 0 Å². The van der Waals surface area contributed by atoms with Gasteiger partial charge in [0, 0.05) is 0 Å². The van der Waals surface area contributed by atoms with E-state index in [1.165, 1.54) is 7.11 Å². The first-order valence-corrected chi connectivity index (χ1v) is 4.49. The molecule has 0 saturated carbocycles. The van der Waals surface area contributed by atoms with Gasteiger partial charge in [0.15, 0.2) is 1.37 Å². The molecule has 0 radical (unpaired) electrons. The summed E-state index contributed by atoms with van der Waals surface area (Å²) >= 11 is 0. The molecule has 0 aromatic rings. The Bertz CT molecular complexity index is 324. The highest BCUT2D eigenvalue weighted by atomic mass is 16.5. The molecule has 0 spiro atoms. The Morgan fingerprint density at radius 1 is 1.67 bits per heavy atom. The van der Waals surface area contributed by atoms with E-state index in [1.54, 1.807) is 0 Å². The molecule has 0 aliphatic heterocycles. The topological polar surface area (TPSA) is 91.8 Å². The largest absolute Gasteiger partial charge is 0.467 e. The fourth-order valence-electron chi connectivity index (χ4n) is 1.06. The highest BCUT2D eigenvalue weighted by Gasteiger charge is 2.22. The van der Waals surface area contributed by atoms with Crippen LogP contribution in [0.2, 0.25) is 0 Å². The van der Waals surface area contributed by atoms with Crippen molar-refractivity contribution in [1.29, 1.82) is 0 Å². The van der Waals surface area contributed by atoms with Crippen LogP contribution in [-0.4, -0.2) is 36.0 Å². The second-order valence-corrected chi connectivity index (χ2v) is 3.39. The van der Waals surface area contributed by atoms with Crippen LogP contribution < -0.4 is 5.32 Å². The first-order valence-electron chi connectivity index (χ1n) is 4.99. The fraction of sp³-hybridized carbons (Fsp3) is 0.667. The summed E-state index contributed by atoms with van der Waals surface area (Å²) in [7, 11) is 1.21. The summed E-state index contributed by atoms with van der Waals surface area (Å²) in [5, 5.41) is 2.26. The molecule has 0 fully saturated rings. The molecular formula is C9H15N3O3. The molecule has 0 aromatic heterocycles. The zero-order valence-electron chi connectivity index (χ0n) is 9.98. The van der Waals surface area contributed by atoms with Gasteiger partial charge in [-0.1, -0.05) is 13.8 Å². The van der Waals surface area contributed by atoms with Crippen LogP contribution in [0, 0.1) is 5.92 Å². The number of nitrogens with one attached hydrogen (secondary N) is 1. The predicted octanol–water partition coefficient (Wildman–Crippen LogP) is -0.00910. The Balaban J connectivity index is 4.61. The van der Waals surface area contributed by atoms with Crippen LogP contribution in [0.4, 0.5) is 0 Å². The summed E-state index contributed by atoms with van der Waals surface area (Å²) in [6.07, 6.45) is -0.463. The van der Waals surface area contributed by atoms with Crippen LogP contribution in [0.1, 0.15) is 21.6 Å². The Morgan fingerprint density at radius 2 is 2.27 bits per heavy atom. The van der Waals surface area contributed by atoms with Crippen LogP contribution in [-0.2, 0) is 14.3 Å². The van der Waals surface area contributed by atoms with Crippen LogP contribution >= 0.6 is 0 Å². The SMILES string of the molecule is [2H]C(=[N+]=[N-])C(=O)N[C@@H](CC(C)C)C(=O)OC. The Hall–Kier alpha value is -1.68. The van der Waals surface area contributed by atoms with E-state index >= 15 is 0 Å². The van der Waals surface area contributed by atoms with Gasteiger partial charge in [0.05, 0.1) is 7.11 Å². The highest BCUT2D eigenvalue weighted by molar-refractivity contribution is 6.24. The van der Waals surface area contributed by atoms with E-state index < -0.39 is 24.1 Å². The number of carbonyl (C=O) groups excluding carboxylic acids is 2. The van der Waals surface area contributed by atoms with E-state index in [2.05, 4.69) is 14.8 Å². The summed E-state index contributed by atoms with van der Waals surface area (Å²) in [4.78, 5) is 24.9. The summed E-state index contributed by atoms with van der Waals surface area (Å²) in [5.74, 6) is -1.34. The quantitative estimate of drug-likeness (QED) is 0.302. The van der Waals surface area contributed by atoms with Gasteiger partial charge in [-0.25, -0.2) is 4.79 Å². The lowest BCUT2D eigenvalue weighted by Gasteiger charge is -2.16. The van der Waals surface area contributed by atoms with E-state index in [0.29, 0.717) is 6.42 Å². The maximum absolute atomic E-state index is 11.3. The molecule has 0 aliphatic carbocycles. The van der Waals surface area contributed by atoms with Crippen molar-refractivity contribution < 1.29 is 20.5 Å². The average molecular weight is 214 g/mol. The van der Waals surface area contributed by atoms with Crippen molar-refractivity contribution >= 4 is 18.1 Å². The van der Waals surface area contributed by atoms with Crippen LogP contribution in [0.25, 0.3) is 5.53 Å². The van der Waals surface area contributed by atoms with Crippen molar-refractivity contribution in [3.05, 3.63) is 5.53 Å². The molecule has 6 nitrogen and oxygen atoms in total. The van der Waals surface area contributed by atoms with Gasteiger partial charge >= 0.3 is 18.1 Å². The normalized spacial score (nSPS) is 12.4. The molecule has 0 bridgehead atoms. The molecule has 0 heterocycles. The predicted molar refractivity (Wildman–Crippen MR) is 53.1 cm³/mol. The fourth-order valence-corrected chi connectivity index (χ4v) is 1.06. The Kier molecular flexibility index (Phi) is 5.11. The molecule has 0 aromatic carbocycles. The minimum Gasteiger partial charge on any atom is -0.467 e. The number of methoxy groups -OCH3 is 1. The molecule has 0 saturated heterocycles. The molecular weight excluding hydrogens is 198 g/mol. The summed E-state index contributed by atoms with van der Waals surface area (Å²) in [5.41, 5.74) is 8.22. The van der Waals surface area contributed by atoms with Gasteiger partial charge in [-0.3, -0.25) is 4.79 Å². The third-order valence-corrected chi connectivity index (χ3v) is 1.65. The Morgan fingerprint density at radius 3 is 2.67 bits per heavy atom. The van der Waals surface area contributed by atoms with Crippen molar-refractivity contribution in [2.24, 2.45) is 5.92 Å². The standard InChI is InChI=1S/C9H15N3O3/c1-6(2)4-7(9(14)15-3)12-8(13)5-11-10/h5-7H,4H2,1-3H3,(H,12,13)/t7-/m0/s1/i5D. The highest BCUT2D eigenvalue weighted by Crippen LogP contribution is 2.05. The molecule has 1 amide bonds. The second-order valence-electron chi connectivity index (χ2n) is 3.39. The number of nitrogens with zero attached hydrogens (tertiary/aromatic N) is 2. The molecule has 15 heavy (non-hydrogen) atoms. The third-order valence-electron chi connectivity index (χ3n) is 1.65. The maximum atomic E-state index is 11.3. The lowest BCUT2D eigenvalue weighted by atomic mass is 10.0. The Labute approximate surface area is 89.6 Å². The van der Waals surface area contributed by atoms with Crippen molar-refractivity contribution in [1.82, 2.24) is 5.32 Å². The summed E-state index contributed by atoms with van der Waals surface area (Å²) < 4.78 is 11.4. The minimum atomic E-state index is -0.918. The maximum Gasteiger partial charge on any atom is 0.344 e. The molecule has 1 atom stereocenters. The van der Waals surface area contributed by atoms with Crippen molar-refractivity contribution in [2.75, 3.05) is 7.11 Å². The van der Waals surface area contributed by atoms with Crippen molar-refractivity contribution in [2.45, 2.75) is 26.3 Å². The summed E-state index contributed by atoms with van der Waals surface area (Å²) in [6.45, 7) is 3.76. The average Bonchev–Trinajstić information content (AvgIpc) is 2.25. The second kappa shape index (κ2) is 6.73. The van der Waals surface area contributed by atoms with E-state index in [4.69, 9.17) is 6.90 Å². The van der Waals surface area contributed by atoms with Crippen molar-refractivity contribution in [3.63, 3.8) is 0 Å². The number of rotatable bonds is 5. The number of esters is 1. The van der Waals surface area contributed by atoms with Gasteiger partial charge in [-0.15, -0.1) is 0 Å². The first kappa shape index (κ1) is 11.4. The lowest BCUT2D eigenvalue weighted by molar-refractivity contribution is -0.145. The monoisotopic (exact) mass is 214 g/mol. The number of hydrogen-bond acceptors (Lipinski definition) is 3. The molecule has 1 N–H and O–H groups in total. The van der Waals surface area contributed by atoms with Crippen LogP contribution in [0.3, 0.4) is 0 Å². The van der Waals surface area contributed by atoms with E-state index in [0.717, 1.165) is 0 Å². The van der Waals surface area contributed by atoms with Gasteiger partial charge in [0.2, 0.25) is 0 Å². The lowest BCUT2D eigenvalue weighted by Crippen LogP contribution is -2.42. The number of carbonyl (C=O) groups is 2. The molecule has 0 rings (SSSR count). The first-order chi connectivity index (χ1) is 7.42. The molecule has 84 valence electrons. The van der Waals surface area contributed by atoms with Gasteiger partial charge in [0.1, 0.15) is 6.04 Å². The summed E-state index contributed by atoms with van der Waals surface area (Å²) in [6, 6.07) is -0.834. The smallest absolute Gasteiger partial charge is 0.344 e. The van der Waals surface area contributed by atoms with Crippen LogP contribution in [0.5, 0.6) is 0 Å². The van der Waals surface area contributed by atoms with Crippen molar-refractivity contribution in [3.8, 4) is 0 Å². The third kappa shape index (κ3) is 5.59.